The van der Waals surface area contributed by atoms with Crippen LogP contribution in [0.25, 0.3) is 0 Å². The molecule has 0 saturated carbocycles. The van der Waals surface area contributed by atoms with Crippen molar-refractivity contribution < 1.29 is 0 Å². The maximum Gasteiger partial charge on any atom is 0.0408 e. The molecule has 0 amide bonds. The van der Waals surface area contributed by atoms with Gasteiger partial charge in [-0.1, -0.05) is 38.4 Å². The van der Waals surface area contributed by atoms with Crippen LogP contribution in [0.15, 0.2) is 18.2 Å². The van der Waals surface area contributed by atoms with E-state index >= 15 is 0 Å². The van der Waals surface area contributed by atoms with Crippen molar-refractivity contribution in [3.63, 3.8) is 0 Å². The number of rotatable bonds is 3. The van der Waals surface area contributed by atoms with Gasteiger partial charge in [0.15, 0.2) is 0 Å². The van der Waals surface area contributed by atoms with Gasteiger partial charge in [-0.25, -0.2) is 0 Å². The quantitative estimate of drug-likeness (QED) is 0.835. The molecule has 0 spiro atoms. The lowest BCUT2D eigenvalue weighted by Crippen LogP contribution is -2.37. The van der Waals surface area contributed by atoms with Crippen molar-refractivity contribution in [3.05, 3.63) is 34.3 Å². The minimum absolute atomic E-state index is 0.292. The van der Waals surface area contributed by atoms with E-state index in [2.05, 4.69) is 46.0 Å². The molecule has 0 aliphatic rings. The van der Waals surface area contributed by atoms with E-state index in [-0.39, 0.29) is 0 Å². The van der Waals surface area contributed by atoms with E-state index in [0.717, 1.165) is 11.6 Å². The predicted molar refractivity (Wildman–Crippen MR) is 71.9 cm³/mol. The van der Waals surface area contributed by atoms with Crippen LogP contribution in [0.3, 0.4) is 0 Å². The van der Waals surface area contributed by atoms with Crippen molar-refractivity contribution in [2.24, 2.45) is 5.41 Å². The topological polar surface area (TPSA) is 12.0 Å². The highest BCUT2D eigenvalue weighted by Crippen LogP contribution is 2.20. The van der Waals surface area contributed by atoms with Crippen LogP contribution in [-0.2, 0) is 6.54 Å². The summed E-state index contributed by atoms with van der Waals surface area (Å²) in [5.41, 5.74) is 2.86. The summed E-state index contributed by atoms with van der Waals surface area (Å²) in [7, 11) is 0. The third kappa shape index (κ3) is 3.80. The fraction of sp³-hybridized carbons (Fsp3) is 0.571. The molecule has 0 heterocycles. The predicted octanol–water partition coefficient (Wildman–Crippen LogP) is 4.17. The molecule has 1 rings (SSSR count). The zero-order chi connectivity index (χ0) is 12.3. The smallest absolute Gasteiger partial charge is 0.0408 e. The van der Waals surface area contributed by atoms with Crippen LogP contribution in [0.5, 0.6) is 0 Å². The summed E-state index contributed by atoms with van der Waals surface area (Å²) in [5.74, 6) is 0. The van der Waals surface area contributed by atoms with E-state index in [1.165, 1.54) is 11.1 Å². The van der Waals surface area contributed by atoms with Crippen LogP contribution in [-0.4, -0.2) is 6.04 Å². The molecule has 2 heteroatoms. The van der Waals surface area contributed by atoms with E-state index in [1.807, 2.05) is 12.1 Å². The van der Waals surface area contributed by atoms with E-state index in [9.17, 15) is 0 Å². The highest BCUT2D eigenvalue weighted by molar-refractivity contribution is 6.30. The number of hydrogen-bond acceptors (Lipinski definition) is 1. The van der Waals surface area contributed by atoms with Crippen molar-refractivity contribution in [1.82, 2.24) is 5.32 Å². The molecule has 1 N–H and O–H groups in total. The Hall–Kier alpha value is -0.530. The zero-order valence-electron chi connectivity index (χ0n) is 10.9. The highest BCUT2D eigenvalue weighted by atomic mass is 35.5. The summed E-state index contributed by atoms with van der Waals surface area (Å²) in [6, 6.07) is 6.55. The summed E-state index contributed by atoms with van der Waals surface area (Å²) in [6.45, 7) is 12.0. The van der Waals surface area contributed by atoms with Gasteiger partial charge in [0.1, 0.15) is 0 Å². The number of hydrogen-bond donors (Lipinski definition) is 1. The first-order chi connectivity index (χ1) is 7.30. The van der Waals surface area contributed by atoms with Crippen LogP contribution in [0.4, 0.5) is 0 Å². The Kier molecular flexibility index (Phi) is 4.40. The largest absolute Gasteiger partial charge is 0.310 e. The molecule has 1 atom stereocenters. The summed E-state index contributed by atoms with van der Waals surface area (Å²) >= 11 is 5.93. The van der Waals surface area contributed by atoms with Crippen molar-refractivity contribution in [2.75, 3.05) is 0 Å². The standard InChI is InChI=1S/C14H22ClN/c1-10-8-13(15)7-6-12(10)9-16-11(2)14(3,4)5/h6-8,11,16H,9H2,1-5H3. The van der Waals surface area contributed by atoms with Gasteiger partial charge < -0.3 is 5.32 Å². The van der Waals surface area contributed by atoms with Gasteiger partial charge in [0.25, 0.3) is 0 Å². The Morgan fingerprint density at radius 3 is 2.44 bits per heavy atom. The Balaban J connectivity index is 2.62. The Morgan fingerprint density at radius 2 is 1.94 bits per heavy atom. The van der Waals surface area contributed by atoms with Gasteiger partial charge in [0, 0.05) is 17.6 Å². The van der Waals surface area contributed by atoms with Crippen LogP contribution in [0.1, 0.15) is 38.8 Å². The molecule has 1 aromatic carbocycles. The van der Waals surface area contributed by atoms with Gasteiger partial charge >= 0.3 is 0 Å². The molecule has 0 saturated heterocycles. The molecular weight excluding hydrogens is 218 g/mol. The van der Waals surface area contributed by atoms with Crippen LogP contribution in [0, 0.1) is 12.3 Å². The van der Waals surface area contributed by atoms with Crippen LogP contribution < -0.4 is 5.32 Å². The van der Waals surface area contributed by atoms with E-state index in [0.29, 0.717) is 11.5 Å². The minimum atomic E-state index is 0.292. The molecular formula is C14H22ClN. The van der Waals surface area contributed by atoms with Crippen molar-refractivity contribution in [1.29, 1.82) is 0 Å². The maximum atomic E-state index is 5.93. The number of aryl methyl sites for hydroxylation is 1. The molecule has 1 aromatic rings. The Bertz CT molecular complexity index is 352. The molecule has 0 radical (unpaired) electrons. The first-order valence-corrected chi connectivity index (χ1v) is 6.17. The molecule has 1 unspecified atom stereocenters. The second kappa shape index (κ2) is 5.20. The maximum absolute atomic E-state index is 5.93. The molecule has 90 valence electrons. The first-order valence-electron chi connectivity index (χ1n) is 5.79. The molecule has 0 bridgehead atoms. The summed E-state index contributed by atoms with van der Waals surface area (Å²) in [4.78, 5) is 0. The van der Waals surface area contributed by atoms with E-state index in [4.69, 9.17) is 11.6 Å². The first kappa shape index (κ1) is 13.5. The van der Waals surface area contributed by atoms with Crippen molar-refractivity contribution >= 4 is 11.6 Å². The third-order valence-electron chi connectivity index (χ3n) is 3.20. The van der Waals surface area contributed by atoms with Gasteiger partial charge in [-0.3, -0.25) is 0 Å². The van der Waals surface area contributed by atoms with Crippen molar-refractivity contribution in [3.8, 4) is 0 Å². The molecule has 0 aliphatic heterocycles. The van der Waals surface area contributed by atoms with Crippen molar-refractivity contribution in [2.45, 2.75) is 47.2 Å². The SMILES string of the molecule is Cc1cc(Cl)ccc1CNC(C)C(C)(C)C. The average Bonchev–Trinajstić information content (AvgIpc) is 2.14. The van der Waals surface area contributed by atoms with Gasteiger partial charge in [-0.15, -0.1) is 0 Å². The van der Waals surface area contributed by atoms with E-state index in [1.54, 1.807) is 0 Å². The Morgan fingerprint density at radius 1 is 1.31 bits per heavy atom. The lowest BCUT2D eigenvalue weighted by atomic mass is 9.88. The summed E-state index contributed by atoms with van der Waals surface area (Å²) < 4.78 is 0. The fourth-order valence-electron chi connectivity index (χ4n) is 1.43. The van der Waals surface area contributed by atoms with Gasteiger partial charge in [-0.05, 0) is 42.5 Å². The van der Waals surface area contributed by atoms with Gasteiger partial charge in [-0.2, -0.15) is 0 Å². The van der Waals surface area contributed by atoms with Gasteiger partial charge in [0.2, 0.25) is 0 Å². The zero-order valence-corrected chi connectivity index (χ0v) is 11.7. The molecule has 0 fully saturated rings. The Labute approximate surface area is 104 Å². The second-order valence-corrected chi connectivity index (χ2v) is 5.98. The lowest BCUT2D eigenvalue weighted by molar-refractivity contribution is 0.285. The number of nitrogens with one attached hydrogen (secondary N) is 1. The average molecular weight is 240 g/mol. The third-order valence-corrected chi connectivity index (χ3v) is 3.44. The molecule has 16 heavy (non-hydrogen) atoms. The lowest BCUT2D eigenvalue weighted by Gasteiger charge is -2.28. The molecule has 0 aromatic heterocycles. The van der Waals surface area contributed by atoms with E-state index < -0.39 is 0 Å². The monoisotopic (exact) mass is 239 g/mol. The van der Waals surface area contributed by atoms with Gasteiger partial charge in [0.05, 0.1) is 0 Å². The molecule has 1 nitrogen and oxygen atoms in total. The number of benzene rings is 1. The van der Waals surface area contributed by atoms with Crippen LogP contribution >= 0.6 is 11.6 Å². The fourth-order valence-corrected chi connectivity index (χ4v) is 1.65. The minimum Gasteiger partial charge on any atom is -0.310 e. The number of halogens is 1. The summed E-state index contributed by atoms with van der Waals surface area (Å²) in [6.07, 6.45) is 0. The van der Waals surface area contributed by atoms with Crippen LogP contribution in [0.2, 0.25) is 5.02 Å². The summed E-state index contributed by atoms with van der Waals surface area (Å²) in [5, 5.41) is 4.37. The molecule has 0 aliphatic carbocycles. The normalized spacial score (nSPS) is 13.9. The second-order valence-electron chi connectivity index (χ2n) is 5.54. The highest BCUT2D eigenvalue weighted by Gasteiger charge is 2.19.